The fourth-order valence-corrected chi connectivity index (χ4v) is 7.64. The average Bonchev–Trinajstić information content (AvgIpc) is 3.05. The lowest BCUT2D eigenvalue weighted by Crippen LogP contribution is -2.46. The van der Waals surface area contributed by atoms with Crippen LogP contribution in [0.1, 0.15) is 68.2 Å². The third-order valence-corrected chi connectivity index (χ3v) is 9.60. The normalized spacial score (nSPS) is 23.2. The Hall–Kier alpha value is -1.42. The molecule has 10 heteroatoms. The summed E-state index contributed by atoms with van der Waals surface area (Å²) in [6, 6.07) is -1.98. The summed E-state index contributed by atoms with van der Waals surface area (Å²) >= 11 is 0. The number of carbonyl (C=O) groups is 4. The van der Waals surface area contributed by atoms with E-state index in [1.54, 1.807) is 21.6 Å². The van der Waals surface area contributed by atoms with E-state index in [2.05, 4.69) is 49.0 Å². The lowest BCUT2D eigenvalue weighted by atomic mass is 9.77. The summed E-state index contributed by atoms with van der Waals surface area (Å²) in [6.45, 7) is 16.5. The monoisotopic (exact) mass is 458 g/mol. The first-order valence-corrected chi connectivity index (χ1v) is 12.2. The van der Waals surface area contributed by atoms with Gasteiger partial charge >= 0.3 is 12.1 Å². The predicted molar refractivity (Wildman–Crippen MR) is 121 cm³/mol. The van der Waals surface area contributed by atoms with E-state index in [0.29, 0.717) is 0 Å². The van der Waals surface area contributed by atoms with Crippen molar-refractivity contribution in [3.8, 4) is 0 Å². The maximum absolute atomic E-state index is 12.1. The highest BCUT2D eigenvalue weighted by Gasteiger charge is 2.46. The number of hydrogen-bond donors (Lipinski definition) is 4. The zero-order chi connectivity index (χ0) is 23.1. The minimum absolute atomic E-state index is 0.165. The molecule has 0 spiro atoms. The van der Waals surface area contributed by atoms with E-state index in [1.807, 2.05) is 27.7 Å². The summed E-state index contributed by atoms with van der Waals surface area (Å²) in [5.74, 6) is -0.560. The second-order valence-corrected chi connectivity index (χ2v) is 14.4. The number of carbonyl (C=O) groups excluding carboxylic acids is 4. The molecule has 2 saturated heterocycles. The van der Waals surface area contributed by atoms with Crippen LogP contribution < -0.4 is 21.3 Å². The molecular weight excluding hydrogens is 424 g/mol. The molecule has 2 heterocycles. The van der Waals surface area contributed by atoms with Crippen molar-refractivity contribution >= 4 is 45.5 Å². The summed E-state index contributed by atoms with van der Waals surface area (Å²) < 4.78 is -0.329. The summed E-state index contributed by atoms with van der Waals surface area (Å²) in [5.41, 5.74) is -0.828. The van der Waals surface area contributed by atoms with Gasteiger partial charge in [-0.05, 0) is 51.4 Å². The van der Waals surface area contributed by atoms with Crippen LogP contribution >= 0.6 is 21.6 Å². The molecule has 0 aromatic heterocycles. The Labute approximate surface area is 186 Å². The first-order valence-electron chi connectivity index (χ1n) is 10.0. The lowest BCUT2D eigenvalue weighted by molar-refractivity contribution is -0.123. The van der Waals surface area contributed by atoms with Gasteiger partial charge in [-0.15, -0.1) is 0 Å². The van der Waals surface area contributed by atoms with Crippen molar-refractivity contribution in [2.45, 2.75) is 89.8 Å². The number of rotatable bonds is 9. The first kappa shape index (κ1) is 24.8. The van der Waals surface area contributed by atoms with Crippen molar-refractivity contribution in [2.75, 3.05) is 0 Å². The third-order valence-electron chi connectivity index (χ3n) is 5.37. The molecule has 8 nitrogen and oxygen atoms in total. The number of hydrogen-bond acceptors (Lipinski definition) is 6. The van der Waals surface area contributed by atoms with Gasteiger partial charge in [0.1, 0.15) is 12.1 Å². The van der Waals surface area contributed by atoms with E-state index >= 15 is 0 Å². The van der Waals surface area contributed by atoms with Gasteiger partial charge in [-0.3, -0.25) is 20.2 Å². The summed E-state index contributed by atoms with van der Waals surface area (Å²) in [5, 5.41) is 10.1. The highest BCUT2D eigenvalue weighted by Crippen LogP contribution is 2.52. The van der Waals surface area contributed by atoms with Crippen LogP contribution in [0.5, 0.6) is 0 Å². The molecule has 2 aliphatic heterocycles. The van der Waals surface area contributed by atoms with Gasteiger partial charge in [-0.25, -0.2) is 9.59 Å². The van der Waals surface area contributed by atoms with Crippen LogP contribution in [0.4, 0.5) is 9.59 Å². The third kappa shape index (κ3) is 6.06. The van der Waals surface area contributed by atoms with Crippen molar-refractivity contribution in [1.82, 2.24) is 21.3 Å². The largest absolute Gasteiger partial charge is 0.325 e. The Bertz CT molecular complexity index is 687. The fraction of sp³-hybridized carbons (Fsp3) is 0.800. The van der Waals surface area contributed by atoms with Gasteiger partial charge in [-0.1, -0.05) is 49.3 Å². The van der Waals surface area contributed by atoms with E-state index in [-0.39, 0.29) is 21.3 Å². The topological polar surface area (TPSA) is 116 Å². The smallest absolute Gasteiger partial charge is 0.322 e. The molecule has 0 saturated carbocycles. The van der Waals surface area contributed by atoms with Gasteiger partial charge in [0, 0.05) is 9.49 Å². The van der Waals surface area contributed by atoms with Gasteiger partial charge in [0.2, 0.25) is 0 Å². The van der Waals surface area contributed by atoms with E-state index in [4.69, 9.17) is 0 Å². The van der Waals surface area contributed by atoms with Crippen LogP contribution in [0.3, 0.4) is 0 Å². The second-order valence-electron chi connectivity index (χ2n) is 10.8. The van der Waals surface area contributed by atoms with Crippen molar-refractivity contribution < 1.29 is 19.2 Å². The Kier molecular flexibility index (Phi) is 6.84. The molecule has 0 aromatic carbocycles. The molecule has 170 valence electrons. The highest BCUT2D eigenvalue weighted by atomic mass is 33.1. The fourth-order valence-electron chi connectivity index (χ4n) is 4.62. The SMILES string of the molecule is CC(C)(CC(C)(C)C1NC(=O)NC1=O)SSC(C)(C)CC(C)(C)C1NC(=O)NC1=O. The van der Waals surface area contributed by atoms with E-state index in [9.17, 15) is 19.2 Å². The van der Waals surface area contributed by atoms with Crippen LogP contribution in [0.25, 0.3) is 0 Å². The summed E-state index contributed by atoms with van der Waals surface area (Å²) in [4.78, 5) is 47.2. The molecule has 0 aliphatic carbocycles. The highest BCUT2D eigenvalue weighted by molar-refractivity contribution is 8.77. The molecule has 0 bridgehead atoms. The Morgan fingerprint density at radius 2 is 0.933 bits per heavy atom. The molecule has 2 rings (SSSR count). The maximum atomic E-state index is 12.1. The minimum Gasteiger partial charge on any atom is -0.325 e. The van der Waals surface area contributed by atoms with Gasteiger partial charge in [-0.2, -0.15) is 0 Å². The molecular formula is C20H34N4O4S2. The zero-order valence-corrected chi connectivity index (χ0v) is 20.7. The van der Waals surface area contributed by atoms with Crippen LogP contribution in [0, 0.1) is 10.8 Å². The molecule has 2 unspecified atom stereocenters. The molecule has 2 atom stereocenters. The Morgan fingerprint density at radius 1 is 0.633 bits per heavy atom. The van der Waals surface area contributed by atoms with Crippen molar-refractivity contribution in [3.05, 3.63) is 0 Å². The standard InChI is InChI=1S/C20H34N4O4S2/c1-17(2,11-13(25)23-15(27)21-11)9-19(5,6)29-30-20(7,8)10-18(3,4)12-14(26)24-16(28)22-12/h11-12H,9-10H2,1-8H3,(H2,21,23,25,27)(H2,22,24,26,28). The number of imide groups is 2. The zero-order valence-electron chi connectivity index (χ0n) is 19.0. The molecule has 6 amide bonds. The number of amides is 6. The van der Waals surface area contributed by atoms with E-state index < -0.39 is 35.0 Å². The Balaban J connectivity index is 1.98. The number of nitrogens with one attached hydrogen (secondary N) is 4. The van der Waals surface area contributed by atoms with Crippen LogP contribution in [0.2, 0.25) is 0 Å². The molecule has 0 radical (unpaired) electrons. The van der Waals surface area contributed by atoms with Gasteiger partial charge in [0.25, 0.3) is 11.8 Å². The van der Waals surface area contributed by atoms with Crippen molar-refractivity contribution in [2.24, 2.45) is 10.8 Å². The van der Waals surface area contributed by atoms with Crippen LogP contribution in [-0.2, 0) is 9.59 Å². The van der Waals surface area contributed by atoms with Crippen LogP contribution in [-0.4, -0.2) is 45.5 Å². The summed E-state index contributed by atoms with van der Waals surface area (Å²) in [7, 11) is 3.48. The van der Waals surface area contributed by atoms with E-state index in [0.717, 1.165) is 12.8 Å². The molecule has 0 aromatic rings. The van der Waals surface area contributed by atoms with Crippen molar-refractivity contribution in [3.63, 3.8) is 0 Å². The molecule has 2 fully saturated rings. The van der Waals surface area contributed by atoms with Crippen LogP contribution in [0.15, 0.2) is 0 Å². The molecule has 4 N–H and O–H groups in total. The van der Waals surface area contributed by atoms with Gasteiger partial charge < -0.3 is 10.6 Å². The maximum Gasteiger partial charge on any atom is 0.322 e. The van der Waals surface area contributed by atoms with E-state index in [1.165, 1.54) is 0 Å². The average molecular weight is 459 g/mol. The molecule has 30 heavy (non-hydrogen) atoms. The van der Waals surface area contributed by atoms with Crippen molar-refractivity contribution in [1.29, 1.82) is 0 Å². The van der Waals surface area contributed by atoms with Gasteiger partial charge in [0.05, 0.1) is 0 Å². The minimum atomic E-state index is -0.550. The first-order chi connectivity index (χ1) is 13.4. The summed E-state index contributed by atoms with van der Waals surface area (Å²) in [6.07, 6.45) is 1.44. The molecule has 2 aliphatic rings. The number of urea groups is 2. The Morgan fingerprint density at radius 3 is 1.17 bits per heavy atom. The quantitative estimate of drug-likeness (QED) is 0.311. The lowest BCUT2D eigenvalue weighted by Gasteiger charge is -2.40. The predicted octanol–water partition coefficient (Wildman–Crippen LogP) is 3.17. The second kappa shape index (κ2) is 8.26. The van der Waals surface area contributed by atoms with Gasteiger partial charge in [0.15, 0.2) is 0 Å².